The molecule has 1 saturated heterocycles. The molecule has 92 valence electrons. The van der Waals surface area contributed by atoms with Crippen molar-refractivity contribution in [3.8, 4) is 0 Å². The van der Waals surface area contributed by atoms with Gasteiger partial charge in [-0.05, 0) is 38.0 Å². The van der Waals surface area contributed by atoms with E-state index in [0.29, 0.717) is 13.0 Å². The van der Waals surface area contributed by atoms with Crippen LogP contribution in [0.1, 0.15) is 18.9 Å². The average Bonchev–Trinajstić information content (AvgIpc) is 2.66. The van der Waals surface area contributed by atoms with E-state index < -0.39 is 11.4 Å². The van der Waals surface area contributed by atoms with Gasteiger partial charge in [-0.1, -0.05) is 17.7 Å². The van der Waals surface area contributed by atoms with Crippen molar-refractivity contribution in [2.75, 3.05) is 18.0 Å². The van der Waals surface area contributed by atoms with E-state index in [1.54, 1.807) is 6.92 Å². The number of carboxylic acid groups (broad SMARTS) is 1. The molecule has 1 aromatic carbocycles. The normalized spacial score (nSPS) is 24.1. The number of carbonyl (C=O) groups is 1. The van der Waals surface area contributed by atoms with E-state index in [2.05, 4.69) is 4.90 Å². The summed E-state index contributed by atoms with van der Waals surface area (Å²) < 4.78 is 0. The monoisotopic (exact) mass is 253 g/mol. The Morgan fingerprint density at radius 3 is 2.82 bits per heavy atom. The van der Waals surface area contributed by atoms with Crippen LogP contribution in [0.5, 0.6) is 0 Å². The molecule has 1 aliphatic heterocycles. The lowest BCUT2D eigenvalue weighted by Gasteiger charge is -2.23. The second-order valence-electron chi connectivity index (χ2n) is 4.92. The van der Waals surface area contributed by atoms with Gasteiger partial charge >= 0.3 is 5.97 Å². The summed E-state index contributed by atoms with van der Waals surface area (Å²) in [6.45, 7) is 5.08. The van der Waals surface area contributed by atoms with E-state index in [-0.39, 0.29) is 0 Å². The van der Waals surface area contributed by atoms with Crippen molar-refractivity contribution in [3.63, 3.8) is 0 Å². The maximum atomic E-state index is 11.2. The lowest BCUT2D eigenvalue weighted by molar-refractivity contribution is -0.146. The van der Waals surface area contributed by atoms with Crippen LogP contribution in [-0.2, 0) is 4.79 Å². The van der Waals surface area contributed by atoms with Crippen molar-refractivity contribution in [1.29, 1.82) is 0 Å². The number of benzene rings is 1. The summed E-state index contributed by atoms with van der Waals surface area (Å²) in [5, 5.41) is 9.94. The van der Waals surface area contributed by atoms with Crippen LogP contribution in [0.15, 0.2) is 18.2 Å². The number of carboxylic acids is 1. The summed E-state index contributed by atoms with van der Waals surface area (Å²) in [5.41, 5.74) is 1.42. The van der Waals surface area contributed by atoms with Crippen LogP contribution in [-0.4, -0.2) is 24.2 Å². The van der Waals surface area contributed by atoms with Gasteiger partial charge in [-0.15, -0.1) is 0 Å². The van der Waals surface area contributed by atoms with E-state index in [0.717, 1.165) is 22.8 Å². The Morgan fingerprint density at radius 1 is 1.53 bits per heavy atom. The van der Waals surface area contributed by atoms with Crippen LogP contribution in [0.3, 0.4) is 0 Å². The average molecular weight is 254 g/mol. The molecule has 0 spiro atoms. The molecule has 0 amide bonds. The summed E-state index contributed by atoms with van der Waals surface area (Å²) in [5.74, 6) is -0.723. The van der Waals surface area contributed by atoms with Crippen LogP contribution in [0.2, 0.25) is 5.02 Å². The first-order valence-corrected chi connectivity index (χ1v) is 6.05. The number of halogens is 1. The Hall–Kier alpha value is -1.22. The van der Waals surface area contributed by atoms with Crippen LogP contribution in [0, 0.1) is 12.3 Å². The largest absolute Gasteiger partial charge is 0.481 e. The van der Waals surface area contributed by atoms with Crippen molar-refractivity contribution in [2.24, 2.45) is 5.41 Å². The Balaban J connectivity index is 2.27. The third kappa shape index (κ3) is 2.12. The minimum Gasteiger partial charge on any atom is -0.481 e. The van der Waals surface area contributed by atoms with Gasteiger partial charge in [0.15, 0.2) is 0 Å². The second kappa shape index (κ2) is 4.22. The standard InChI is InChI=1S/C13H16ClNO2/c1-9-10(14)4-3-5-11(9)15-7-6-13(2,8-15)12(16)17/h3-5H,6-8H2,1-2H3,(H,16,17). The van der Waals surface area contributed by atoms with E-state index in [4.69, 9.17) is 11.6 Å². The Bertz CT molecular complexity index is 461. The fraction of sp³-hybridized carbons (Fsp3) is 0.462. The van der Waals surface area contributed by atoms with Gasteiger partial charge in [0.1, 0.15) is 0 Å². The zero-order valence-electron chi connectivity index (χ0n) is 10.0. The molecule has 17 heavy (non-hydrogen) atoms. The molecule has 1 aliphatic rings. The molecule has 0 bridgehead atoms. The third-order valence-corrected chi connectivity index (χ3v) is 3.98. The summed E-state index contributed by atoms with van der Waals surface area (Å²) in [6.07, 6.45) is 0.675. The van der Waals surface area contributed by atoms with Crippen molar-refractivity contribution in [2.45, 2.75) is 20.3 Å². The smallest absolute Gasteiger partial charge is 0.311 e. The fourth-order valence-electron chi connectivity index (χ4n) is 2.28. The summed E-state index contributed by atoms with van der Waals surface area (Å²) in [7, 11) is 0. The number of rotatable bonds is 2. The molecule has 1 atom stereocenters. The summed E-state index contributed by atoms with van der Waals surface area (Å²) in [6, 6.07) is 5.75. The molecule has 1 unspecified atom stereocenters. The Labute approximate surface area is 106 Å². The van der Waals surface area contributed by atoms with E-state index >= 15 is 0 Å². The van der Waals surface area contributed by atoms with Crippen LogP contribution in [0.4, 0.5) is 5.69 Å². The minimum absolute atomic E-state index is 0.545. The summed E-state index contributed by atoms with van der Waals surface area (Å²) in [4.78, 5) is 13.3. The number of hydrogen-bond acceptors (Lipinski definition) is 2. The highest BCUT2D eigenvalue weighted by molar-refractivity contribution is 6.31. The molecule has 0 aromatic heterocycles. The zero-order chi connectivity index (χ0) is 12.6. The van der Waals surface area contributed by atoms with E-state index in [9.17, 15) is 9.90 Å². The molecule has 0 radical (unpaired) electrons. The first-order chi connectivity index (χ1) is 7.94. The van der Waals surface area contributed by atoms with Gasteiger partial charge in [0.2, 0.25) is 0 Å². The second-order valence-corrected chi connectivity index (χ2v) is 5.33. The first kappa shape index (κ1) is 12.2. The van der Waals surface area contributed by atoms with Gasteiger partial charge < -0.3 is 10.0 Å². The van der Waals surface area contributed by atoms with Crippen molar-refractivity contribution < 1.29 is 9.90 Å². The van der Waals surface area contributed by atoms with Crippen LogP contribution < -0.4 is 4.90 Å². The van der Waals surface area contributed by atoms with Crippen molar-refractivity contribution >= 4 is 23.3 Å². The highest BCUT2D eigenvalue weighted by atomic mass is 35.5. The molecule has 3 nitrogen and oxygen atoms in total. The topological polar surface area (TPSA) is 40.5 Å². The molecule has 1 fully saturated rings. The van der Waals surface area contributed by atoms with Gasteiger partial charge in [0, 0.05) is 23.8 Å². The zero-order valence-corrected chi connectivity index (χ0v) is 10.8. The molecule has 2 rings (SSSR count). The minimum atomic E-state index is -0.723. The van der Waals surface area contributed by atoms with E-state index in [1.165, 1.54) is 0 Å². The van der Waals surface area contributed by atoms with Crippen molar-refractivity contribution in [3.05, 3.63) is 28.8 Å². The lowest BCUT2D eigenvalue weighted by atomic mass is 9.90. The lowest BCUT2D eigenvalue weighted by Crippen LogP contribution is -2.31. The molecule has 1 heterocycles. The van der Waals surface area contributed by atoms with Gasteiger partial charge in [-0.2, -0.15) is 0 Å². The molecular formula is C13H16ClNO2. The fourth-order valence-corrected chi connectivity index (χ4v) is 2.45. The van der Waals surface area contributed by atoms with Crippen LogP contribution >= 0.6 is 11.6 Å². The SMILES string of the molecule is Cc1c(Cl)cccc1N1CCC(C)(C(=O)O)C1. The van der Waals surface area contributed by atoms with Gasteiger partial charge in [0.05, 0.1) is 5.41 Å². The number of nitrogens with zero attached hydrogens (tertiary/aromatic N) is 1. The predicted octanol–water partition coefficient (Wildman–Crippen LogP) is 2.95. The Kier molecular flexibility index (Phi) is 3.04. The third-order valence-electron chi connectivity index (χ3n) is 3.57. The van der Waals surface area contributed by atoms with E-state index in [1.807, 2.05) is 25.1 Å². The predicted molar refractivity (Wildman–Crippen MR) is 68.8 cm³/mol. The maximum absolute atomic E-state index is 11.2. The molecule has 0 saturated carbocycles. The quantitative estimate of drug-likeness (QED) is 0.881. The highest BCUT2D eigenvalue weighted by Crippen LogP contribution is 2.36. The first-order valence-electron chi connectivity index (χ1n) is 5.67. The highest BCUT2D eigenvalue weighted by Gasteiger charge is 2.40. The molecule has 0 aliphatic carbocycles. The number of hydrogen-bond donors (Lipinski definition) is 1. The number of anilines is 1. The number of aliphatic carboxylic acids is 1. The van der Waals surface area contributed by atoms with Crippen molar-refractivity contribution in [1.82, 2.24) is 0 Å². The van der Waals surface area contributed by atoms with Crippen LogP contribution in [0.25, 0.3) is 0 Å². The van der Waals surface area contributed by atoms with Gasteiger partial charge in [-0.25, -0.2) is 0 Å². The Morgan fingerprint density at radius 2 is 2.24 bits per heavy atom. The maximum Gasteiger partial charge on any atom is 0.311 e. The molecule has 1 aromatic rings. The molecule has 4 heteroatoms. The molecule has 1 N–H and O–H groups in total. The van der Waals surface area contributed by atoms with Gasteiger partial charge in [0.25, 0.3) is 0 Å². The summed E-state index contributed by atoms with van der Waals surface area (Å²) >= 11 is 6.08. The van der Waals surface area contributed by atoms with Gasteiger partial charge in [-0.3, -0.25) is 4.79 Å². The molecular weight excluding hydrogens is 238 g/mol.